The Morgan fingerprint density at radius 1 is 1.08 bits per heavy atom. The number of rotatable bonds is 7. The van der Waals surface area contributed by atoms with Crippen molar-refractivity contribution in [3.05, 3.63) is 54.1 Å². The molecule has 0 atom stereocenters. The van der Waals surface area contributed by atoms with Gasteiger partial charge in [-0.1, -0.05) is 12.1 Å². The predicted molar refractivity (Wildman–Crippen MR) is 94.8 cm³/mol. The highest BCUT2D eigenvalue weighted by Crippen LogP contribution is 2.22. The first-order chi connectivity index (χ1) is 11.4. The monoisotopic (exact) mass is 348 g/mol. The molecule has 0 aliphatic heterocycles. The Balaban J connectivity index is 2.09. The zero-order chi connectivity index (χ0) is 17.6. The summed E-state index contributed by atoms with van der Waals surface area (Å²) in [4.78, 5) is 12.3. The van der Waals surface area contributed by atoms with Gasteiger partial charge in [0.15, 0.2) is 0 Å². The van der Waals surface area contributed by atoms with Crippen molar-refractivity contribution < 1.29 is 17.9 Å². The number of hydrogen-bond donors (Lipinski definition) is 2. The normalized spacial score (nSPS) is 10.9. The Morgan fingerprint density at radius 3 is 2.38 bits per heavy atom. The first kappa shape index (κ1) is 17.8. The maximum absolute atomic E-state index is 12.3. The maximum atomic E-state index is 12.3. The zero-order valence-corrected chi connectivity index (χ0v) is 14.4. The quantitative estimate of drug-likeness (QED) is 0.801. The molecular weight excluding hydrogens is 328 g/mol. The van der Waals surface area contributed by atoms with Gasteiger partial charge in [-0.15, -0.1) is 0 Å². The van der Waals surface area contributed by atoms with Crippen LogP contribution in [0.1, 0.15) is 10.4 Å². The minimum atomic E-state index is -3.11. The van der Waals surface area contributed by atoms with Crippen molar-refractivity contribution in [1.29, 1.82) is 0 Å². The van der Waals surface area contributed by atoms with Crippen LogP contribution in [0.5, 0.6) is 5.75 Å². The first-order valence-electron chi connectivity index (χ1n) is 7.35. The van der Waals surface area contributed by atoms with Gasteiger partial charge in [0.2, 0.25) is 0 Å². The highest BCUT2D eigenvalue weighted by molar-refractivity contribution is 7.90. The molecule has 24 heavy (non-hydrogen) atoms. The minimum absolute atomic E-state index is 0.0779. The summed E-state index contributed by atoms with van der Waals surface area (Å²) >= 11 is 0. The molecule has 0 bridgehead atoms. The second-order valence-electron chi connectivity index (χ2n) is 5.28. The van der Waals surface area contributed by atoms with E-state index in [1.54, 1.807) is 25.3 Å². The Kier molecular flexibility index (Phi) is 5.81. The van der Waals surface area contributed by atoms with Crippen molar-refractivity contribution in [3.8, 4) is 5.75 Å². The van der Waals surface area contributed by atoms with E-state index in [1.165, 1.54) is 0 Å². The molecule has 128 valence electrons. The first-order valence-corrected chi connectivity index (χ1v) is 9.41. The van der Waals surface area contributed by atoms with Crippen LogP contribution in [-0.2, 0) is 9.84 Å². The van der Waals surface area contributed by atoms with Gasteiger partial charge in [0.05, 0.1) is 24.1 Å². The second kappa shape index (κ2) is 7.83. The van der Waals surface area contributed by atoms with Crippen LogP contribution in [-0.4, -0.2) is 40.0 Å². The van der Waals surface area contributed by atoms with Gasteiger partial charge in [-0.2, -0.15) is 0 Å². The lowest BCUT2D eigenvalue weighted by Gasteiger charge is -2.12. The smallest absolute Gasteiger partial charge is 0.253 e. The molecule has 0 aliphatic carbocycles. The predicted octanol–water partition coefficient (Wildman–Crippen LogP) is 2.21. The van der Waals surface area contributed by atoms with E-state index in [1.807, 2.05) is 30.3 Å². The average Bonchev–Trinajstić information content (AvgIpc) is 2.55. The van der Waals surface area contributed by atoms with Crippen LogP contribution in [0.25, 0.3) is 0 Å². The van der Waals surface area contributed by atoms with Crippen molar-refractivity contribution in [2.75, 3.05) is 31.0 Å². The van der Waals surface area contributed by atoms with Crippen molar-refractivity contribution in [1.82, 2.24) is 5.32 Å². The van der Waals surface area contributed by atoms with Crippen molar-refractivity contribution in [2.45, 2.75) is 0 Å². The van der Waals surface area contributed by atoms with Gasteiger partial charge in [-0.3, -0.25) is 4.79 Å². The fourth-order valence-corrected chi connectivity index (χ4v) is 2.54. The number of ether oxygens (including phenoxy) is 1. The van der Waals surface area contributed by atoms with Crippen LogP contribution in [0.4, 0.5) is 11.4 Å². The molecular formula is C17H20N2O4S. The Morgan fingerprint density at radius 2 is 1.75 bits per heavy atom. The summed E-state index contributed by atoms with van der Waals surface area (Å²) in [5.41, 5.74) is 1.90. The van der Waals surface area contributed by atoms with Gasteiger partial charge >= 0.3 is 0 Å². The summed E-state index contributed by atoms with van der Waals surface area (Å²) in [7, 11) is -1.51. The number of benzene rings is 2. The molecule has 2 aromatic carbocycles. The summed E-state index contributed by atoms with van der Waals surface area (Å²) in [5, 5.41) is 5.80. The number of para-hydroxylation sites is 1. The topological polar surface area (TPSA) is 84.5 Å². The van der Waals surface area contributed by atoms with Crippen LogP contribution >= 0.6 is 0 Å². The van der Waals surface area contributed by atoms with Crippen LogP contribution in [0.2, 0.25) is 0 Å². The van der Waals surface area contributed by atoms with E-state index >= 15 is 0 Å². The van der Waals surface area contributed by atoms with Gasteiger partial charge in [-0.25, -0.2) is 8.42 Å². The van der Waals surface area contributed by atoms with Crippen LogP contribution in [0, 0.1) is 0 Å². The van der Waals surface area contributed by atoms with E-state index in [4.69, 9.17) is 4.74 Å². The Hall–Kier alpha value is -2.54. The Bertz CT molecular complexity index is 802. The van der Waals surface area contributed by atoms with Crippen LogP contribution < -0.4 is 15.4 Å². The molecule has 0 unspecified atom stereocenters. The number of sulfone groups is 1. The molecule has 0 saturated carbocycles. The molecule has 7 heteroatoms. The fourth-order valence-electron chi connectivity index (χ4n) is 2.07. The molecule has 1 amide bonds. The number of carbonyl (C=O) groups is 1. The van der Waals surface area contributed by atoms with Crippen LogP contribution in [0.15, 0.2) is 48.5 Å². The number of amides is 1. The average molecular weight is 348 g/mol. The lowest BCUT2D eigenvalue weighted by molar-refractivity contribution is 0.0957. The van der Waals surface area contributed by atoms with E-state index < -0.39 is 9.84 Å². The molecule has 0 spiro atoms. The van der Waals surface area contributed by atoms with E-state index in [2.05, 4.69) is 10.6 Å². The summed E-state index contributed by atoms with van der Waals surface area (Å²) in [6.45, 7) is 0.0779. The van der Waals surface area contributed by atoms with E-state index in [0.29, 0.717) is 11.3 Å². The van der Waals surface area contributed by atoms with Crippen molar-refractivity contribution in [2.24, 2.45) is 0 Å². The maximum Gasteiger partial charge on any atom is 0.253 e. The lowest BCUT2D eigenvalue weighted by atomic mass is 10.1. The third kappa shape index (κ3) is 5.27. The molecule has 2 rings (SSSR count). The van der Waals surface area contributed by atoms with E-state index in [-0.39, 0.29) is 18.2 Å². The standard InChI is InChI=1S/C17H20N2O4S/c1-23-14-9-7-13(8-10-14)19-16-6-4-3-5-15(16)17(20)18-11-12-24(2,21)22/h3-10,19H,11-12H2,1-2H3,(H,18,20). The summed E-state index contributed by atoms with van der Waals surface area (Å²) < 4.78 is 27.4. The summed E-state index contributed by atoms with van der Waals surface area (Å²) in [5.74, 6) is 0.329. The molecule has 6 nitrogen and oxygen atoms in total. The number of methoxy groups -OCH3 is 1. The van der Waals surface area contributed by atoms with Gasteiger partial charge in [-0.05, 0) is 36.4 Å². The largest absolute Gasteiger partial charge is 0.497 e. The fraction of sp³-hybridized carbons (Fsp3) is 0.235. The van der Waals surface area contributed by atoms with Gasteiger partial charge in [0, 0.05) is 18.5 Å². The second-order valence-corrected chi connectivity index (χ2v) is 7.54. The van der Waals surface area contributed by atoms with Crippen LogP contribution in [0.3, 0.4) is 0 Å². The third-order valence-electron chi connectivity index (χ3n) is 3.30. The molecule has 0 heterocycles. The minimum Gasteiger partial charge on any atom is -0.497 e. The van der Waals surface area contributed by atoms with Crippen molar-refractivity contribution in [3.63, 3.8) is 0 Å². The van der Waals surface area contributed by atoms with E-state index in [0.717, 1.165) is 17.7 Å². The zero-order valence-electron chi connectivity index (χ0n) is 13.6. The van der Waals surface area contributed by atoms with Crippen molar-refractivity contribution >= 4 is 27.1 Å². The summed E-state index contributed by atoms with van der Waals surface area (Å²) in [6, 6.07) is 14.4. The number of nitrogens with one attached hydrogen (secondary N) is 2. The highest BCUT2D eigenvalue weighted by atomic mass is 32.2. The Labute approximate surface area is 141 Å². The van der Waals surface area contributed by atoms with E-state index in [9.17, 15) is 13.2 Å². The highest BCUT2D eigenvalue weighted by Gasteiger charge is 2.12. The van der Waals surface area contributed by atoms with Gasteiger partial charge in [0.1, 0.15) is 15.6 Å². The molecule has 0 aromatic heterocycles. The lowest BCUT2D eigenvalue weighted by Crippen LogP contribution is -2.29. The van der Waals surface area contributed by atoms with Gasteiger partial charge < -0.3 is 15.4 Å². The molecule has 0 fully saturated rings. The molecule has 0 saturated heterocycles. The third-order valence-corrected chi connectivity index (χ3v) is 4.24. The SMILES string of the molecule is COc1ccc(Nc2ccccc2C(=O)NCCS(C)(=O)=O)cc1. The molecule has 2 aromatic rings. The molecule has 0 aliphatic rings. The summed E-state index contributed by atoms with van der Waals surface area (Å²) in [6.07, 6.45) is 1.14. The number of hydrogen-bond acceptors (Lipinski definition) is 5. The number of anilines is 2. The molecule has 2 N–H and O–H groups in total. The molecule has 0 radical (unpaired) electrons. The number of carbonyl (C=O) groups excluding carboxylic acids is 1. The van der Waals surface area contributed by atoms with Gasteiger partial charge in [0.25, 0.3) is 5.91 Å².